The van der Waals surface area contributed by atoms with Crippen LogP contribution in [0.2, 0.25) is 0 Å². The Morgan fingerprint density at radius 1 is 0.667 bits per heavy atom. The molecule has 0 saturated carbocycles. The van der Waals surface area contributed by atoms with Gasteiger partial charge in [-0.1, -0.05) is 10.1 Å². The van der Waals surface area contributed by atoms with Gasteiger partial charge in [-0.15, -0.1) is 29.1 Å². The molecule has 0 aliphatic rings. The van der Waals surface area contributed by atoms with E-state index in [1.807, 2.05) is 0 Å². The van der Waals surface area contributed by atoms with Crippen LogP contribution in [0.25, 0.3) is 10.8 Å². The molecule has 0 spiro atoms. The first-order valence-corrected chi connectivity index (χ1v) is 13.7. The molecular formula is C22H16N4O13S3. The summed E-state index contributed by atoms with van der Waals surface area (Å²) in [5.41, 5.74) is -0.841. The van der Waals surface area contributed by atoms with Crippen LogP contribution in [0.4, 0.5) is 22.7 Å². The van der Waals surface area contributed by atoms with Crippen LogP contribution in [0.5, 0.6) is 23.0 Å². The van der Waals surface area contributed by atoms with Gasteiger partial charge < -0.3 is 20.4 Å². The number of fused-ring (bicyclic) bond motifs is 1. The second kappa shape index (κ2) is 13.3. The zero-order valence-corrected chi connectivity index (χ0v) is 22.7. The Bertz CT molecular complexity index is 1800. The van der Waals surface area contributed by atoms with Crippen LogP contribution < -0.4 is 0 Å². The minimum Gasteiger partial charge on any atom is -0.506 e. The van der Waals surface area contributed by atoms with Crippen LogP contribution >= 0.6 is 24.1 Å². The molecule has 0 unspecified atom stereocenters. The Hall–Kier alpha value is -4.09. The zero-order chi connectivity index (χ0) is 30.4. The number of hydrogen-bond donors (Lipinski definition) is 7. The number of azo groups is 2. The molecule has 42 heavy (non-hydrogen) atoms. The van der Waals surface area contributed by atoms with Crippen molar-refractivity contribution in [3.8, 4) is 23.0 Å². The zero-order valence-electron chi connectivity index (χ0n) is 20.3. The summed E-state index contributed by atoms with van der Waals surface area (Å²) >= 11 is 0.965. The summed E-state index contributed by atoms with van der Waals surface area (Å²) in [4.78, 5) is -0.137. The van der Waals surface area contributed by atoms with Crippen LogP contribution in [-0.4, -0.2) is 43.9 Å². The van der Waals surface area contributed by atoms with Gasteiger partial charge in [-0.2, -0.15) is 8.42 Å². The van der Waals surface area contributed by atoms with E-state index in [0.29, 0.717) is 29.0 Å². The van der Waals surface area contributed by atoms with Crippen LogP contribution in [0.3, 0.4) is 0 Å². The van der Waals surface area contributed by atoms with Crippen molar-refractivity contribution in [3.05, 3.63) is 54.6 Å². The van der Waals surface area contributed by atoms with Crippen molar-refractivity contribution in [2.45, 2.75) is 14.7 Å². The lowest BCUT2D eigenvalue weighted by atomic mass is 10.1. The van der Waals surface area contributed by atoms with Gasteiger partial charge in [0.15, 0.2) is 5.75 Å². The predicted octanol–water partition coefficient (Wildman–Crippen LogP) is 6.60. The predicted molar refractivity (Wildman–Crippen MR) is 143 cm³/mol. The van der Waals surface area contributed by atoms with Gasteiger partial charge in [0.05, 0.1) is 33.9 Å². The number of phenolic OH excluding ortho intramolecular Hbond substituents is 4. The largest absolute Gasteiger partial charge is 0.506 e. The summed E-state index contributed by atoms with van der Waals surface area (Å²) in [6.07, 6.45) is 0. The van der Waals surface area contributed by atoms with Gasteiger partial charge in [-0.3, -0.25) is 4.55 Å². The minimum absolute atomic E-state index is 0.0458. The third-order valence-electron chi connectivity index (χ3n) is 5.18. The fraction of sp³-hybridized carbons (Fsp3) is 0. The number of aromatic hydroxyl groups is 4. The van der Waals surface area contributed by atoms with Crippen LogP contribution in [0, 0.1) is 0 Å². The highest BCUT2D eigenvalue weighted by atomic mass is 32.2. The monoisotopic (exact) mass is 640 g/mol. The Morgan fingerprint density at radius 3 is 1.88 bits per heavy atom. The molecule has 4 rings (SSSR count). The van der Waals surface area contributed by atoms with Gasteiger partial charge in [0.25, 0.3) is 10.1 Å². The molecule has 7 N–H and O–H groups in total. The molecule has 4 aromatic carbocycles. The molecule has 0 radical (unpaired) electrons. The first-order chi connectivity index (χ1) is 20.0. The summed E-state index contributed by atoms with van der Waals surface area (Å²) in [6, 6.07) is 10.6. The van der Waals surface area contributed by atoms with Gasteiger partial charge in [0.2, 0.25) is 0 Å². The van der Waals surface area contributed by atoms with Crippen molar-refractivity contribution < 1.29 is 62.7 Å². The van der Waals surface area contributed by atoms with E-state index in [2.05, 4.69) is 39.2 Å². The molecule has 20 heteroatoms. The average molecular weight is 641 g/mol. The Labute approximate surface area is 242 Å². The van der Waals surface area contributed by atoms with Crippen LogP contribution in [-0.2, 0) is 28.9 Å². The third kappa shape index (κ3) is 7.21. The highest BCUT2D eigenvalue weighted by molar-refractivity contribution is 7.95. The Kier molecular flexibility index (Phi) is 9.74. The van der Waals surface area contributed by atoms with Crippen molar-refractivity contribution in [3.63, 3.8) is 0 Å². The topological polar surface area (TPSA) is 262 Å². The lowest BCUT2D eigenvalue weighted by Gasteiger charge is -2.10. The lowest BCUT2D eigenvalue weighted by Crippen LogP contribution is -1.97. The van der Waals surface area contributed by atoms with E-state index >= 15 is 0 Å². The SMILES string of the molecule is O=S(=O)(O)c1ccc2c(O)c(N=Nc3cc(O)c(N=Nc4cc(SOOO)ccc4O)cc3O)c(SOOO)cc2c1. The number of hydrogen-bond acceptors (Lipinski definition) is 18. The highest BCUT2D eigenvalue weighted by Gasteiger charge is 2.18. The summed E-state index contributed by atoms with van der Waals surface area (Å²) in [7, 11) is -4.56. The highest BCUT2D eigenvalue weighted by Crippen LogP contribution is 2.46. The molecular weight excluding hydrogens is 624 g/mol. The van der Waals surface area contributed by atoms with E-state index < -0.39 is 32.3 Å². The van der Waals surface area contributed by atoms with Crippen LogP contribution in [0.15, 0.2) is 89.7 Å². The van der Waals surface area contributed by atoms with Crippen molar-refractivity contribution in [2.24, 2.45) is 20.5 Å². The molecule has 0 bridgehead atoms. The Morgan fingerprint density at radius 2 is 1.26 bits per heavy atom. The maximum Gasteiger partial charge on any atom is 0.294 e. The number of rotatable bonds is 11. The lowest BCUT2D eigenvalue weighted by molar-refractivity contribution is -0.432. The standard InChI is InChI=1S/C22H16N4O13S3/c27-17-4-1-11(40-38-36-31)7-14(17)23-24-15-8-19(29)16(9-18(15)28)25-26-21-20(41-39-37-32)6-10-5-12(42(33,34)35)2-3-13(10)22(21)30/h1-9,27-32H,(H,33,34,35). The summed E-state index contributed by atoms with van der Waals surface area (Å²) < 4.78 is 41.0. The number of nitrogens with zero attached hydrogens (tertiary/aromatic N) is 4. The van der Waals surface area contributed by atoms with E-state index in [9.17, 15) is 33.4 Å². The van der Waals surface area contributed by atoms with E-state index in [0.717, 1.165) is 24.3 Å². The first-order valence-electron chi connectivity index (χ1n) is 10.8. The van der Waals surface area contributed by atoms with Crippen molar-refractivity contribution >= 4 is 67.7 Å². The van der Waals surface area contributed by atoms with Crippen LogP contribution in [0.1, 0.15) is 0 Å². The van der Waals surface area contributed by atoms with E-state index in [1.165, 1.54) is 30.3 Å². The summed E-state index contributed by atoms with van der Waals surface area (Å²) in [5.74, 6) is -1.85. The second-order valence-corrected chi connectivity index (χ2v) is 10.7. The fourth-order valence-electron chi connectivity index (χ4n) is 3.32. The van der Waals surface area contributed by atoms with Gasteiger partial charge in [-0.05, 0) is 47.9 Å². The summed E-state index contributed by atoms with van der Waals surface area (Å²) in [5, 5.41) is 81.1. The molecule has 0 aliphatic carbocycles. The maximum absolute atomic E-state index is 11.5. The van der Waals surface area contributed by atoms with Gasteiger partial charge in [0, 0.05) is 22.4 Å². The molecule has 0 heterocycles. The van der Waals surface area contributed by atoms with Gasteiger partial charge >= 0.3 is 0 Å². The molecule has 4 aromatic rings. The van der Waals surface area contributed by atoms with E-state index in [-0.39, 0.29) is 44.2 Å². The first kappa shape index (κ1) is 30.9. The second-order valence-electron chi connectivity index (χ2n) is 7.76. The van der Waals surface area contributed by atoms with Gasteiger partial charge in [0.1, 0.15) is 40.0 Å². The quantitative estimate of drug-likeness (QED) is 0.0227. The molecule has 0 amide bonds. The number of benzene rings is 4. The average Bonchev–Trinajstić information content (AvgIpc) is 2.95. The maximum atomic E-state index is 11.5. The molecule has 17 nitrogen and oxygen atoms in total. The molecule has 0 atom stereocenters. The number of phenols is 4. The van der Waals surface area contributed by atoms with E-state index in [1.54, 1.807) is 0 Å². The Balaban J connectivity index is 1.67. The normalized spacial score (nSPS) is 12.2. The fourth-order valence-corrected chi connectivity index (χ4v) is 4.72. The molecule has 0 saturated heterocycles. The minimum atomic E-state index is -4.56. The van der Waals surface area contributed by atoms with Crippen molar-refractivity contribution in [1.82, 2.24) is 0 Å². The molecule has 0 aliphatic heterocycles. The summed E-state index contributed by atoms with van der Waals surface area (Å²) in [6.45, 7) is 0. The van der Waals surface area contributed by atoms with Crippen molar-refractivity contribution in [2.75, 3.05) is 0 Å². The van der Waals surface area contributed by atoms with Gasteiger partial charge in [-0.25, -0.2) is 10.5 Å². The molecule has 0 aromatic heterocycles. The smallest absolute Gasteiger partial charge is 0.294 e. The molecule has 220 valence electrons. The molecule has 0 fully saturated rings. The van der Waals surface area contributed by atoms with E-state index in [4.69, 9.17) is 10.5 Å². The van der Waals surface area contributed by atoms with Crippen molar-refractivity contribution in [1.29, 1.82) is 0 Å². The third-order valence-corrected chi connectivity index (χ3v) is 7.22.